The van der Waals surface area contributed by atoms with Gasteiger partial charge in [0.05, 0.1) is 12.7 Å². The molecule has 4 heteroatoms. The molecule has 2 heterocycles. The van der Waals surface area contributed by atoms with Crippen LogP contribution >= 0.6 is 0 Å². The van der Waals surface area contributed by atoms with Crippen LogP contribution < -0.4 is 10.4 Å². The lowest BCUT2D eigenvalue weighted by Gasteiger charge is -2.10. The number of methoxy groups -OCH3 is 1. The maximum absolute atomic E-state index is 11.4. The third kappa shape index (κ3) is 1.97. The summed E-state index contributed by atoms with van der Waals surface area (Å²) in [6.45, 7) is 0. The molecule has 0 radical (unpaired) electrons. The number of rotatable bonds is 2. The van der Waals surface area contributed by atoms with Crippen molar-refractivity contribution >= 4 is 11.0 Å². The third-order valence-electron chi connectivity index (χ3n) is 2.92. The second kappa shape index (κ2) is 4.57. The van der Waals surface area contributed by atoms with Crippen LogP contribution in [0.2, 0.25) is 0 Å². The smallest absolute Gasteiger partial charge is 0.336 e. The number of ether oxygens (including phenoxy) is 1. The van der Waals surface area contributed by atoms with Crippen molar-refractivity contribution in [2.24, 2.45) is 0 Å². The van der Waals surface area contributed by atoms with Crippen LogP contribution in [0.3, 0.4) is 0 Å². The summed E-state index contributed by atoms with van der Waals surface area (Å²) in [4.78, 5) is 15.5. The van der Waals surface area contributed by atoms with E-state index in [0.29, 0.717) is 11.3 Å². The molecule has 3 aromatic rings. The molecule has 0 atom stereocenters. The fourth-order valence-corrected chi connectivity index (χ4v) is 2.07. The highest BCUT2D eigenvalue weighted by molar-refractivity contribution is 5.95. The number of aromatic nitrogens is 1. The fourth-order valence-electron chi connectivity index (χ4n) is 2.07. The minimum Gasteiger partial charge on any atom is -0.496 e. The Morgan fingerprint density at radius 3 is 2.74 bits per heavy atom. The van der Waals surface area contributed by atoms with E-state index in [9.17, 15) is 4.79 Å². The van der Waals surface area contributed by atoms with E-state index in [4.69, 9.17) is 9.15 Å². The van der Waals surface area contributed by atoms with Crippen LogP contribution in [-0.2, 0) is 0 Å². The molecule has 0 N–H and O–H groups in total. The van der Waals surface area contributed by atoms with Gasteiger partial charge in [0.25, 0.3) is 0 Å². The Morgan fingerprint density at radius 2 is 2.00 bits per heavy atom. The first-order valence-corrected chi connectivity index (χ1v) is 5.81. The average molecular weight is 253 g/mol. The van der Waals surface area contributed by atoms with Crippen LogP contribution in [0.25, 0.3) is 22.1 Å². The molecule has 0 aliphatic heterocycles. The monoisotopic (exact) mass is 253 g/mol. The van der Waals surface area contributed by atoms with Crippen LogP contribution in [0.15, 0.2) is 58.0 Å². The molecular weight excluding hydrogens is 242 g/mol. The zero-order chi connectivity index (χ0) is 13.2. The number of pyridine rings is 1. The Hall–Kier alpha value is -2.62. The quantitative estimate of drug-likeness (QED) is 0.659. The van der Waals surface area contributed by atoms with Gasteiger partial charge in [-0.15, -0.1) is 0 Å². The third-order valence-corrected chi connectivity index (χ3v) is 2.92. The largest absolute Gasteiger partial charge is 0.496 e. The van der Waals surface area contributed by atoms with Gasteiger partial charge in [0.1, 0.15) is 11.3 Å². The van der Waals surface area contributed by atoms with Gasteiger partial charge >= 0.3 is 5.63 Å². The molecule has 2 aromatic heterocycles. The lowest BCUT2D eigenvalue weighted by atomic mass is 10.0. The van der Waals surface area contributed by atoms with Gasteiger partial charge in [0.15, 0.2) is 0 Å². The zero-order valence-corrected chi connectivity index (χ0v) is 10.3. The highest BCUT2D eigenvalue weighted by atomic mass is 16.5. The standard InChI is InChI=1S/C15H11NO3/c1-18-12-6-4-10-5-7-13(17)19-15(10)14(12)11-3-2-8-16-9-11/h2-9H,1H3. The van der Waals surface area contributed by atoms with Gasteiger partial charge in [-0.2, -0.15) is 0 Å². The number of hydrogen-bond acceptors (Lipinski definition) is 4. The molecule has 0 saturated carbocycles. The molecule has 0 bridgehead atoms. The van der Waals surface area contributed by atoms with E-state index in [1.165, 1.54) is 6.07 Å². The Bertz CT molecular complexity index is 778. The molecule has 3 rings (SSSR count). The van der Waals surface area contributed by atoms with Crippen LogP contribution in [0.1, 0.15) is 0 Å². The molecule has 0 spiro atoms. The maximum Gasteiger partial charge on any atom is 0.336 e. The molecule has 0 saturated heterocycles. The van der Waals surface area contributed by atoms with E-state index < -0.39 is 0 Å². The van der Waals surface area contributed by atoms with Gasteiger partial charge in [0, 0.05) is 29.4 Å². The summed E-state index contributed by atoms with van der Waals surface area (Å²) in [5, 5.41) is 0.847. The van der Waals surface area contributed by atoms with Gasteiger partial charge in [-0.3, -0.25) is 4.98 Å². The van der Waals surface area contributed by atoms with Crippen LogP contribution in [0, 0.1) is 0 Å². The topological polar surface area (TPSA) is 52.3 Å². The van der Waals surface area contributed by atoms with E-state index in [0.717, 1.165) is 16.5 Å². The SMILES string of the molecule is COc1ccc2ccc(=O)oc2c1-c1cccnc1. The van der Waals surface area contributed by atoms with Crippen LogP contribution in [-0.4, -0.2) is 12.1 Å². The van der Waals surface area contributed by atoms with Crippen molar-refractivity contribution in [3.63, 3.8) is 0 Å². The summed E-state index contributed by atoms with van der Waals surface area (Å²) < 4.78 is 10.7. The van der Waals surface area contributed by atoms with Gasteiger partial charge in [-0.25, -0.2) is 4.79 Å². The van der Waals surface area contributed by atoms with Gasteiger partial charge < -0.3 is 9.15 Å². The lowest BCUT2D eigenvalue weighted by molar-refractivity contribution is 0.416. The lowest BCUT2D eigenvalue weighted by Crippen LogP contribution is -1.97. The van der Waals surface area contributed by atoms with Crippen LogP contribution in [0.4, 0.5) is 0 Å². The maximum atomic E-state index is 11.4. The summed E-state index contributed by atoms with van der Waals surface area (Å²) in [6.07, 6.45) is 3.40. The van der Waals surface area contributed by atoms with Gasteiger partial charge in [-0.05, 0) is 24.3 Å². The summed E-state index contributed by atoms with van der Waals surface area (Å²) in [5.74, 6) is 0.648. The molecule has 94 valence electrons. The normalized spacial score (nSPS) is 10.6. The van der Waals surface area contributed by atoms with E-state index in [2.05, 4.69) is 4.98 Å². The van der Waals surface area contributed by atoms with E-state index in [1.54, 1.807) is 25.6 Å². The second-order valence-corrected chi connectivity index (χ2v) is 4.06. The predicted molar refractivity (Wildman–Crippen MR) is 72.3 cm³/mol. The van der Waals surface area contributed by atoms with Gasteiger partial charge in [0.2, 0.25) is 0 Å². The highest BCUT2D eigenvalue weighted by Crippen LogP contribution is 2.35. The van der Waals surface area contributed by atoms with E-state index >= 15 is 0 Å². The summed E-state index contributed by atoms with van der Waals surface area (Å²) in [7, 11) is 1.59. The second-order valence-electron chi connectivity index (χ2n) is 4.06. The molecule has 0 fully saturated rings. The minimum absolute atomic E-state index is 0.383. The molecule has 0 aliphatic carbocycles. The average Bonchev–Trinajstić information content (AvgIpc) is 2.46. The van der Waals surface area contributed by atoms with Crippen molar-refractivity contribution in [3.05, 3.63) is 59.2 Å². The van der Waals surface area contributed by atoms with Crippen molar-refractivity contribution < 1.29 is 9.15 Å². The molecule has 0 aliphatic rings. The summed E-state index contributed by atoms with van der Waals surface area (Å²) in [5.41, 5.74) is 1.72. The Morgan fingerprint density at radius 1 is 1.16 bits per heavy atom. The van der Waals surface area contributed by atoms with Crippen molar-refractivity contribution in [2.75, 3.05) is 7.11 Å². The highest BCUT2D eigenvalue weighted by Gasteiger charge is 2.13. The summed E-state index contributed by atoms with van der Waals surface area (Å²) in [6, 6.07) is 10.6. The first-order valence-electron chi connectivity index (χ1n) is 5.81. The molecule has 1 aromatic carbocycles. The minimum atomic E-state index is -0.383. The molecule has 4 nitrogen and oxygen atoms in total. The first-order chi connectivity index (χ1) is 9.29. The van der Waals surface area contributed by atoms with Crippen molar-refractivity contribution in [1.82, 2.24) is 4.98 Å². The zero-order valence-electron chi connectivity index (χ0n) is 10.3. The molecular formula is C15H11NO3. The van der Waals surface area contributed by atoms with Crippen molar-refractivity contribution in [2.45, 2.75) is 0 Å². The number of benzene rings is 1. The Balaban J connectivity index is 2.43. The molecule has 19 heavy (non-hydrogen) atoms. The Labute approximate surface area is 109 Å². The number of hydrogen-bond donors (Lipinski definition) is 0. The summed E-state index contributed by atoms with van der Waals surface area (Å²) >= 11 is 0. The first kappa shape index (κ1) is 11.5. The van der Waals surface area contributed by atoms with Crippen LogP contribution in [0.5, 0.6) is 5.75 Å². The Kier molecular flexibility index (Phi) is 2.76. The van der Waals surface area contributed by atoms with E-state index in [-0.39, 0.29) is 5.63 Å². The van der Waals surface area contributed by atoms with E-state index in [1.807, 2.05) is 24.3 Å². The van der Waals surface area contributed by atoms with Gasteiger partial charge in [-0.1, -0.05) is 6.07 Å². The predicted octanol–water partition coefficient (Wildman–Crippen LogP) is 2.86. The molecule has 0 amide bonds. The molecule has 0 unspecified atom stereocenters. The number of nitrogens with zero attached hydrogens (tertiary/aromatic N) is 1. The van der Waals surface area contributed by atoms with Crippen molar-refractivity contribution in [3.8, 4) is 16.9 Å². The fraction of sp³-hybridized carbons (Fsp3) is 0.0667. The van der Waals surface area contributed by atoms with Crippen molar-refractivity contribution in [1.29, 1.82) is 0 Å². The number of fused-ring (bicyclic) bond motifs is 1.